The third-order valence-electron chi connectivity index (χ3n) is 1.06. The van der Waals surface area contributed by atoms with Crippen LogP contribution in [0.2, 0.25) is 0 Å². The minimum atomic E-state index is -0.583. The van der Waals surface area contributed by atoms with Crippen LogP contribution < -0.4 is 0 Å². The molecule has 0 saturated carbocycles. The SMILES string of the molecule is CC(=CC(F)=C(C)C)CF. The third kappa shape index (κ3) is 3.38. The van der Waals surface area contributed by atoms with E-state index in [1.807, 2.05) is 0 Å². The zero-order chi connectivity index (χ0) is 8.15. The molecule has 0 radical (unpaired) electrons. The first kappa shape index (κ1) is 9.34. The van der Waals surface area contributed by atoms with Crippen molar-refractivity contribution in [3.05, 3.63) is 23.0 Å². The summed E-state index contributed by atoms with van der Waals surface area (Å²) >= 11 is 0. The molecule has 0 aromatic rings. The number of allylic oxidation sites excluding steroid dienone is 4. The predicted molar refractivity (Wildman–Crippen MR) is 39.2 cm³/mol. The van der Waals surface area contributed by atoms with Crippen LogP contribution in [-0.4, -0.2) is 6.67 Å². The van der Waals surface area contributed by atoms with E-state index in [4.69, 9.17) is 0 Å². The summed E-state index contributed by atoms with van der Waals surface area (Å²) in [4.78, 5) is 0. The molecule has 0 spiro atoms. The minimum absolute atomic E-state index is 0.338. The molecule has 0 aliphatic carbocycles. The van der Waals surface area contributed by atoms with Crippen LogP contribution in [0.5, 0.6) is 0 Å². The zero-order valence-corrected chi connectivity index (χ0v) is 6.54. The van der Waals surface area contributed by atoms with Crippen molar-refractivity contribution in [2.24, 2.45) is 0 Å². The van der Waals surface area contributed by atoms with Gasteiger partial charge < -0.3 is 0 Å². The molecule has 0 aliphatic rings. The lowest BCUT2D eigenvalue weighted by molar-refractivity contribution is 0.540. The highest BCUT2D eigenvalue weighted by Gasteiger charge is 1.93. The predicted octanol–water partition coefficient (Wildman–Crippen LogP) is 3.17. The normalized spacial score (nSPS) is 11.5. The number of halogens is 2. The van der Waals surface area contributed by atoms with E-state index in [9.17, 15) is 8.78 Å². The molecule has 0 atom stereocenters. The highest BCUT2D eigenvalue weighted by atomic mass is 19.1. The second kappa shape index (κ2) is 4.20. The van der Waals surface area contributed by atoms with Gasteiger partial charge in [-0.1, -0.05) is 0 Å². The van der Waals surface area contributed by atoms with Crippen molar-refractivity contribution >= 4 is 0 Å². The van der Waals surface area contributed by atoms with Gasteiger partial charge in [0.15, 0.2) is 0 Å². The molecule has 0 saturated heterocycles. The van der Waals surface area contributed by atoms with Crippen molar-refractivity contribution in [1.82, 2.24) is 0 Å². The van der Waals surface area contributed by atoms with Crippen LogP contribution in [0.15, 0.2) is 23.0 Å². The Bertz CT molecular complexity index is 162. The Morgan fingerprint density at radius 3 is 2.10 bits per heavy atom. The number of rotatable bonds is 2. The largest absolute Gasteiger partial charge is 0.246 e. The van der Waals surface area contributed by atoms with E-state index in [1.165, 1.54) is 6.08 Å². The summed E-state index contributed by atoms with van der Waals surface area (Å²) in [6.07, 6.45) is 1.22. The molecule has 0 nitrogen and oxygen atoms in total. The molecule has 0 N–H and O–H groups in total. The smallest absolute Gasteiger partial charge is 0.121 e. The topological polar surface area (TPSA) is 0 Å². The summed E-state index contributed by atoms with van der Waals surface area (Å²) in [6.45, 7) is 4.28. The molecule has 0 aliphatic heterocycles. The van der Waals surface area contributed by atoms with Gasteiger partial charge in [0.1, 0.15) is 12.5 Å². The van der Waals surface area contributed by atoms with Gasteiger partial charge >= 0.3 is 0 Å². The standard InChI is InChI=1S/C8H12F2/c1-6(2)8(10)4-7(3)5-9/h4H,5H2,1-3H3. The van der Waals surface area contributed by atoms with E-state index in [2.05, 4.69) is 0 Å². The Hall–Kier alpha value is -0.660. The van der Waals surface area contributed by atoms with Crippen molar-refractivity contribution in [2.45, 2.75) is 20.8 Å². The molecular weight excluding hydrogens is 134 g/mol. The van der Waals surface area contributed by atoms with E-state index in [0.29, 0.717) is 11.1 Å². The fourth-order valence-corrected chi connectivity index (χ4v) is 0.399. The Labute approximate surface area is 60.2 Å². The van der Waals surface area contributed by atoms with Gasteiger partial charge in [0.25, 0.3) is 0 Å². The molecule has 0 aromatic carbocycles. The Balaban J connectivity index is 4.27. The minimum Gasteiger partial charge on any atom is -0.246 e. The van der Waals surface area contributed by atoms with Crippen LogP contribution in [0.25, 0.3) is 0 Å². The fraction of sp³-hybridized carbons (Fsp3) is 0.500. The first-order valence-electron chi connectivity index (χ1n) is 3.14. The van der Waals surface area contributed by atoms with Crippen molar-refractivity contribution < 1.29 is 8.78 Å². The van der Waals surface area contributed by atoms with Crippen LogP contribution in [0.1, 0.15) is 20.8 Å². The van der Waals surface area contributed by atoms with Crippen LogP contribution in [0.4, 0.5) is 8.78 Å². The van der Waals surface area contributed by atoms with Crippen LogP contribution in [0, 0.1) is 0 Å². The monoisotopic (exact) mass is 146 g/mol. The zero-order valence-electron chi connectivity index (χ0n) is 6.54. The lowest BCUT2D eigenvalue weighted by Crippen LogP contribution is -1.79. The van der Waals surface area contributed by atoms with E-state index in [1.54, 1.807) is 20.8 Å². The first-order chi connectivity index (χ1) is 4.57. The molecule has 10 heavy (non-hydrogen) atoms. The lowest BCUT2D eigenvalue weighted by Gasteiger charge is -1.93. The van der Waals surface area contributed by atoms with Gasteiger partial charge in [-0.25, -0.2) is 8.78 Å². The van der Waals surface area contributed by atoms with Gasteiger partial charge in [-0.05, 0) is 38.0 Å². The molecule has 0 aromatic heterocycles. The highest BCUT2D eigenvalue weighted by Crippen LogP contribution is 2.09. The Morgan fingerprint density at radius 2 is 1.80 bits per heavy atom. The molecule has 0 rings (SSSR count). The number of hydrogen-bond acceptors (Lipinski definition) is 0. The summed E-state index contributed by atoms with van der Waals surface area (Å²) in [5.74, 6) is -0.338. The van der Waals surface area contributed by atoms with E-state index < -0.39 is 6.67 Å². The van der Waals surface area contributed by atoms with Gasteiger partial charge in [0.05, 0.1) is 0 Å². The molecule has 0 heterocycles. The van der Waals surface area contributed by atoms with Crippen molar-refractivity contribution in [3.8, 4) is 0 Å². The Kier molecular flexibility index (Phi) is 3.93. The average Bonchev–Trinajstić information content (AvgIpc) is 1.87. The maximum Gasteiger partial charge on any atom is 0.121 e. The van der Waals surface area contributed by atoms with Crippen molar-refractivity contribution in [2.75, 3.05) is 6.67 Å². The molecule has 2 heteroatoms. The first-order valence-corrected chi connectivity index (χ1v) is 3.14. The third-order valence-corrected chi connectivity index (χ3v) is 1.06. The fourth-order valence-electron chi connectivity index (χ4n) is 0.399. The summed E-state index contributed by atoms with van der Waals surface area (Å²) in [5, 5.41) is 0. The van der Waals surface area contributed by atoms with Gasteiger partial charge in [-0.2, -0.15) is 0 Å². The van der Waals surface area contributed by atoms with Crippen LogP contribution in [-0.2, 0) is 0 Å². The van der Waals surface area contributed by atoms with Crippen LogP contribution >= 0.6 is 0 Å². The van der Waals surface area contributed by atoms with Gasteiger partial charge in [0.2, 0.25) is 0 Å². The average molecular weight is 146 g/mol. The highest BCUT2D eigenvalue weighted by molar-refractivity contribution is 5.20. The lowest BCUT2D eigenvalue weighted by atomic mass is 10.2. The van der Waals surface area contributed by atoms with E-state index >= 15 is 0 Å². The molecule has 0 unspecified atom stereocenters. The van der Waals surface area contributed by atoms with Gasteiger partial charge in [-0.3, -0.25) is 0 Å². The number of alkyl halides is 1. The van der Waals surface area contributed by atoms with Crippen molar-refractivity contribution in [3.63, 3.8) is 0 Å². The molecule has 0 bridgehead atoms. The molecular formula is C8H12F2. The van der Waals surface area contributed by atoms with Gasteiger partial charge in [0, 0.05) is 0 Å². The van der Waals surface area contributed by atoms with Crippen molar-refractivity contribution in [1.29, 1.82) is 0 Å². The second-order valence-corrected chi connectivity index (χ2v) is 2.47. The number of hydrogen-bond donors (Lipinski definition) is 0. The maximum absolute atomic E-state index is 12.6. The Morgan fingerprint density at radius 1 is 1.30 bits per heavy atom. The quantitative estimate of drug-likeness (QED) is 0.525. The van der Waals surface area contributed by atoms with E-state index in [-0.39, 0.29) is 5.83 Å². The second-order valence-electron chi connectivity index (χ2n) is 2.47. The molecule has 58 valence electrons. The molecule has 0 amide bonds. The summed E-state index contributed by atoms with van der Waals surface area (Å²) < 4.78 is 24.4. The summed E-state index contributed by atoms with van der Waals surface area (Å²) in [6, 6.07) is 0. The molecule has 0 fully saturated rings. The maximum atomic E-state index is 12.6. The van der Waals surface area contributed by atoms with Gasteiger partial charge in [-0.15, -0.1) is 0 Å². The van der Waals surface area contributed by atoms with E-state index in [0.717, 1.165) is 0 Å². The van der Waals surface area contributed by atoms with Crippen LogP contribution in [0.3, 0.4) is 0 Å². The summed E-state index contributed by atoms with van der Waals surface area (Å²) in [7, 11) is 0. The summed E-state index contributed by atoms with van der Waals surface area (Å²) in [5.41, 5.74) is 0.992.